The molecule has 2 atom stereocenters. The number of piperidine rings is 1. The fraction of sp³-hybridized carbons (Fsp3) is 0.714. The van der Waals surface area contributed by atoms with Crippen LogP contribution in [0.1, 0.15) is 63.1 Å². The van der Waals surface area contributed by atoms with E-state index >= 15 is 0 Å². The van der Waals surface area contributed by atoms with E-state index in [0.29, 0.717) is 5.41 Å². The van der Waals surface area contributed by atoms with Gasteiger partial charge in [0.25, 0.3) is 0 Å². The van der Waals surface area contributed by atoms with Gasteiger partial charge in [-0.05, 0) is 68.3 Å². The molecule has 0 unspecified atom stereocenters. The Balaban J connectivity index is 1.70. The SMILES string of the molecule is CCC1(CC)CCN([C@@H]2c3ccccc3C3(CCNCC3)[C@H]2O)C1. The largest absolute Gasteiger partial charge is 0.390 e. The Labute approximate surface area is 146 Å². The molecule has 0 bridgehead atoms. The lowest BCUT2D eigenvalue weighted by Crippen LogP contribution is -2.48. The number of nitrogens with one attached hydrogen (secondary N) is 1. The van der Waals surface area contributed by atoms with Crippen LogP contribution in [-0.2, 0) is 5.41 Å². The van der Waals surface area contributed by atoms with E-state index in [2.05, 4.69) is 48.3 Å². The normalized spacial score (nSPS) is 31.5. The monoisotopic (exact) mass is 328 g/mol. The smallest absolute Gasteiger partial charge is 0.0834 e. The van der Waals surface area contributed by atoms with Crippen molar-refractivity contribution in [3.05, 3.63) is 35.4 Å². The molecule has 24 heavy (non-hydrogen) atoms. The van der Waals surface area contributed by atoms with Gasteiger partial charge in [0.2, 0.25) is 0 Å². The molecule has 1 aliphatic carbocycles. The van der Waals surface area contributed by atoms with Gasteiger partial charge in [-0.1, -0.05) is 38.1 Å². The lowest BCUT2D eigenvalue weighted by Gasteiger charge is -2.40. The predicted octanol–water partition coefficient (Wildman–Crippen LogP) is 3.24. The summed E-state index contributed by atoms with van der Waals surface area (Å²) in [5, 5.41) is 15.0. The molecule has 2 aliphatic heterocycles. The van der Waals surface area contributed by atoms with Gasteiger partial charge in [0.15, 0.2) is 0 Å². The van der Waals surface area contributed by atoms with Crippen molar-refractivity contribution in [2.45, 2.75) is 63.5 Å². The second-order valence-electron chi connectivity index (χ2n) is 8.31. The minimum atomic E-state index is -0.262. The minimum absolute atomic E-state index is 0.0316. The maximum absolute atomic E-state index is 11.5. The van der Waals surface area contributed by atoms with E-state index in [-0.39, 0.29) is 17.6 Å². The zero-order chi connectivity index (χ0) is 16.8. The highest BCUT2D eigenvalue weighted by molar-refractivity contribution is 5.45. The molecular formula is C21H32N2O. The highest BCUT2D eigenvalue weighted by Gasteiger charge is 2.54. The topological polar surface area (TPSA) is 35.5 Å². The van der Waals surface area contributed by atoms with Crippen LogP contribution in [0.3, 0.4) is 0 Å². The van der Waals surface area contributed by atoms with Crippen LogP contribution in [0, 0.1) is 5.41 Å². The third-order valence-electron chi connectivity index (χ3n) is 7.54. The van der Waals surface area contributed by atoms with Gasteiger partial charge in [-0.25, -0.2) is 0 Å². The molecule has 3 heteroatoms. The number of hydrogen-bond donors (Lipinski definition) is 2. The summed E-state index contributed by atoms with van der Waals surface area (Å²) in [6.45, 7) is 8.98. The second kappa shape index (κ2) is 6.12. The van der Waals surface area contributed by atoms with Crippen molar-refractivity contribution < 1.29 is 5.11 Å². The number of aliphatic hydroxyl groups is 1. The molecule has 2 N–H and O–H groups in total. The lowest BCUT2D eigenvalue weighted by atomic mass is 9.72. The third-order valence-corrected chi connectivity index (χ3v) is 7.54. The Hall–Kier alpha value is -0.900. The summed E-state index contributed by atoms with van der Waals surface area (Å²) in [5.74, 6) is 0. The van der Waals surface area contributed by atoms with E-state index < -0.39 is 0 Å². The number of nitrogens with zero attached hydrogens (tertiary/aromatic N) is 1. The van der Waals surface area contributed by atoms with Gasteiger partial charge in [0, 0.05) is 12.0 Å². The lowest BCUT2D eigenvalue weighted by molar-refractivity contribution is 0.00190. The van der Waals surface area contributed by atoms with Gasteiger partial charge in [-0.15, -0.1) is 0 Å². The van der Waals surface area contributed by atoms with Crippen LogP contribution in [0.2, 0.25) is 0 Å². The van der Waals surface area contributed by atoms with Crippen LogP contribution in [0.4, 0.5) is 0 Å². The van der Waals surface area contributed by atoms with E-state index in [1.165, 1.54) is 30.4 Å². The van der Waals surface area contributed by atoms with Crippen LogP contribution in [0.5, 0.6) is 0 Å². The van der Waals surface area contributed by atoms with Crippen molar-refractivity contribution in [2.24, 2.45) is 5.41 Å². The number of aliphatic hydroxyl groups excluding tert-OH is 1. The molecule has 2 saturated heterocycles. The Bertz CT molecular complexity index is 589. The van der Waals surface area contributed by atoms with Crippen LogP contribution < -0.4 is 5.32 Å². The summed E-state index contributed by atoms with van der Waals surface area (Å²) < 4.78 is 0. The highest BCUT2D eigenvalue weighted by Crippen LogP contribution is 2.54. The van der Waals surface area contributed by atoms with Gasteiger partial charge in [0.1, 0.15) is 0 Å². The van der Waals surface area contributed by atoms with E-state index in [1.807, 2.05) is 0 Å². The Morgan fingerprint density at radius 2 is 1.83 bits per heavy atom. The van der Waals surface area contributed by atoms with Crippen molar-refractivity contribution in [2.75, 3.05) is 26.2 Å². The first-order valence-electron chi connectivity index (χ1n) is 9.88. The molecule has 3 aliphatic rings. The summed E-state index contributed by atoms with van der Waals surface area (Å²) in [6, 6.07) is 9.07. The van der Waals surface area contributed by atoms with Crippen LogP contribution in [0.15, 0.2) is 24.3 Å². The van der Waals surface area contributed by atoms with Gasteiger partial charge in [0.05, 0.1) is 12.1 Å². The van der Waals surface area contributed by atoms with E-state index in [1.54, 1.807) is 0 Å². The van der Waals surface area contributed by atoms with Gasteiger partial charge in [-0.3, -0.25) is 4.90 Å². The molecule has 2 heterocycles. The second-order valence-corrected chi connectivity index (χ2v) is 8.31. The molecule has 0 amide bonds. The molecule has 0 saturated carbocycles. The Morgan fingerprint density at radius 1 is 1.12 bits per heavy atom. The Kier molecular flexibility index (Phi) is 4.22. The molecule has 4 rings (SSSR count). The zero-order valence-corrected chi connectivity index (χ0v) is 15.2. The fourth-order valence-electron chi connectivity index (χ4n) is 5.71. The van der Waals surface area contributed by atoms with E-state index in [4.69, 9.17) is 0 Å². The van der Waals surface area contributed by atoms with Crippen molar-refractivity contribution in [3.63, 3.8) is 0 Å². The summed E-state index contributed by atoms with van der Waals surface area (Å²) in [6.07, 6.45) is 5.63. The molecule has 1 spiro atoms. The summed E-state index contributed by atoms with van der Waals surface area (Å²) >= 11 is 0. The number of fused-ring (bicyclic) bond motifs is 2. The Morgan fingerprint density at radius 3 is 2.50 bits per heavy atom. The first-order chi connectivity index (χ1) is 11.7. The van der Waals surface area contributed by atoms with Crippen LogP contribution in [0.25, 0.3) is 0 Å². The molecule has 0 radical (unpaired) electrons. The molecule has 1 aromatic carbocycles. The molecule has 2 fully saturated rings. The predicted molar refractivity (Wildman–Crippen MR) is 98.2 cm³/mol. The van der Waals surface area contributed by atoms with Crippen molar-refractivity contribution in [3.8, 4) is 0 Å². The van der Waals surface area contributed by atoms with E-state index in [0.717, 1.165) is 39.0 Å². The van der Waals surface area contributed by atoms with Gasteiger partial charge in [-0.2, -0.15) is 0 Å². The minimum Gasteiger partial charge on any atom is -0.390 e. The van der Waals surface area contributed by atoms with Crippen molar-refractivity contribution in [1.29, 1.82) is 0 Å². The fourth-order valence-corrected chi connectivity index (χ4v) is 5.71. The maximum atomic E-state index is 11.5. The first-order valence-corrected chi connectivity index (χ1v) is 9.88. The summed E-state index contributed by atoms with van der Waals surface area (Å²) in [7, 11) is 0. The molecule has 3 nitrogen and oxygen atoms in total. The van der Waals surface area contributed by atoms with Crippen LogP contribution in [-0.4, -0.2) is 42.3 Å². The number of benzene rings is 1. The van der Waals surface area contributed by atoms with Crippen molar-refractivity contribution in [1.82, 2.24) is 10.2 Å². The van der Waals surface area contributed by atoms with Crippen molar-refractivity contribution >= 4 is 0 Å². The van der Waals surface area contributed by atoms with E-state index in [9.17, 15) is 5.11 Å². The number of hydrogen-bond acceptors (Lipinski definition) is 3. The maximum Gasteiger partial charge on any atom is 0.0834 e. The zero-order valence-electron chi connectivity index (χ0n) is 15.2. The summed E-state index contributed by atoms with van der Waals surface area (Å²) in [5.41, 5.74) is 3.25. The average Bonchev–Trinajstić information content (AvgIpc) is 3.16. The first kappa shape index (κ1) is 16.6. The quantitative estimate of drug-likeness (QED) is 0.894. The number of likely N-dealkylation sites (tertiary alicyclic amines) is 1. The van der Waals surface area contributed by atoms with Crippen LogP contribution >= 0.6 is 0 Å². The molecular weight excluding hydrogens is 296 g/mol. The molecule has 0 aromatic heterocycles. The average molecular weight is 329 g/mol. The highest BCUT2D eigenvalue weighted by atomic mass is 16.3. The standard InChI is InChI=1S/C21H32N2O/c1-3-20(4-2)11-14-23(15-20)18-16-7-5-6-8-17(16)21(19(18)24)9-12-22-13-10-21/h5-8,18-19,22,24H,3-4,9-15H2,1-2H3/t18-,19+/m1/s1. The van der Waals surface area contributed by atoms with Gasteiger partial charge >= 0.3 is 0 Å². The molecule has 132 valence electrons. The number of rotatable bonds is 3. The third kappa shape index (κ3) is 2.28. The molecule has 1 aromatic rings. The summed E-state index contributed by atoms with van der Waals surface area (Å²) in [4.78, 5) is 2.60. The van der Waals surface area contributed by atoms with Gasteiger partial charge < -0.3 is 10.4 Å².